The summed E-state index contributed by atoms with van der Waals surface area (Å²) in [7, 11) is 1.69. The molecule has 1 saturated heterocycles. The van der Waals surface area contributed by atoms with E-state index in [-0.39, 0.29) is 11.8 Å². The monoisotopic (exact) mass is 399 g/mol. The third-order valence-corrected chi connectivity index (χ3v) is 6.34. The number of hydrogen-bond donors (Lipinski definition) is 0. The largest absolute Gasteiger partial charge is 0.495 e. The van der Waals surface area contributed by atoms with E-state index < -0.39 is 0 Å². The summed E-state index contributed by atoms with van der Waals surface area (Å²) >= 11 is 1.43. The summed E-state index contributed by atoms with van der Waals surface area (Å²) in [5.41, 5.74) is 2.02. The van der Waals surface area contributed by atoms with Crippen molar-refractivity contribution in [2.45, 2.75) is 26.7 Å². The average molecular weight is 400 g/mol. The zero-order chi connectivity index (χ0) is 19.8. The quantitative estimate of drug-likeness (QED) is 0.674. The van der Waals surface area contributed by atoms with Crippen LogP contribution in [0, 0.1) is 6.92 Å². The van der Waals surface area contributed by atoms with Crippen LogP contribution in [0.5, 0.6) is 5.75 Å². The number of ether oxygens (including phenoxy) is 1. The van der Waals surface area contributed by atoms with E-state index in [4.69, 9.17) is 4.74 Å². The Labute approximate surface area is 168 Å². The number of hydrogen-bond acceptors (Lipinski definition) is 6. The Morgan fingerprint density at radius 3 is 2.54 bits per heavy atom. The van der Waals surface area contributed by atoms with Crippen molar-refractivity contribution in [1.29, 1.82) is 0 Å². The predicted molar refractivity (Wildman–Crippen MR) is 111 cm³/mol. The molecule has 0 atom stereocenters. The van der Waals surface area contributed by atoms with Gasteiger partial charge in [-0.05, 0) is 19.1 Å². The highest BCUT2D eigenvalue weighted by atomic mass is 32.1. The Kier molecular flexibility index (Phi) is 4.97. The van der Waals surface area contributed by atoms with Crippen molar-refractivity contribution in [3.05, 3.63) is 40.7 Å². The molecule has 0 unspecified atom stereocenters. The summed E-state index contributed by atoms with van der Waals surface area (Å²) in [6.07, 6.45) is 0. The summed E-state index contributed by atoms with van der Waals surface area (Å²) in [4.78, 5) is 18.9. The molecule has 0 bridgehead atoms. The molecule has 3 heterocycles. The van der Waals surface area contributed by atoms with Crippen molar-refractivity contribution in [3.63, 3.8) is 0 Å². The first-order chi connectivity index (χ1) is 13.5. The van der Waals surface area contributed by atoms with Gasteiger partial charge in [0, 0.05) is 37.8 Å². The van der Waals surface area contributed by atoms with Gasteiger partial charge in [0.2, 0.25) is 4.96 Å². The van der Waals surface area contributed by atoms with Crippen molar-refractivity contribution in [2.75, 3.05) is 38.2 Å². The van der Waals surface area contributed by atoms with Crippen LogP contribution in [0.15, 0.2) is 24.3 Å². The number of benzene rings is 1. The van der Waals surface area contributed by atoms with Crippen LogP contribution in [0.25, 0.3) is 4.96 Å². The zero-order valence-electron chi connectivity index (χ0n) is 16.7. The maximum absolute atomic E-state index is 13.2. The number of thiazole rings is 1. The number of piperazine rings is 1. The van der Waals surface area contributed by atoms with Crippen LogP contribution in [0.1, 0.15) is 41.0 Å². The van der Waals surface area contributed by atoms with E-state index in [0.29, 0.717) is 13.1 Å². The van der Waals surface area contributed by atoms with Gasteiger partial charge >= 0.3 is 0 Å². The molecule has 1 aliphatic heterocycles. The number of methoxy groups -OCH3 is 1. The zero-order valence-corrected chi connectivity index (χ0v) is 17.5. The minimum atomic E-state index is 0.0855. The molecule has 0 aliphatic carbocycles. The van der Waals surface area contributed by atoms with Gasteiger partial charge in [-0.15, -0.1) is 10.2 Å². The molecule has 1 aromatic carbocycles. The van der Waals surface area contributed by atoms with E-state index in [1.165, 1.54) is 11.3 Å². The molecule has 4 rings (SSSR count). The van der Waals surface area contributed by atoms with E-state index in [1.807, 2.05) is 34.4 Å². The molecule has 0 saturated carbocycles. The van der Waals surface area contributed by atoms with Crippen molar-refractivity contribution in [1.82, 2.24) is 19.5 Å². The Balaban J connectivity index is 1.52. The summed E-state index contributed by atoms with van der Waals surface area (Å²) in [6, 6.07) is 8.02. The summed E-state index contributed by atoms with van der Waals surface area (Å²) in [6.45, 7) is 9.10. The number of carbonyl (C=O) groups excluding carboxylic acids is 1. The first kappa shape index (κ1) is 18.7. The van der Waals surface area contributed by atoms with Crippen LogP contribution in [-0.2, 0) is 0 Å². The SMILES string of the molecule is COc1ccccc1N1CCN(C(=O)c2sc3nnc(C(C)C)n3c2C)CC1. The molecule has 1 fully saturated rings. The Morgan fingerprint density at radius 2 is 1.86 bits per heavy atom. The number of anilines is 1. The molecule has 28 heavy (non-hydrogen) atoms. The molecule has 1 aliphatic rings. The Hall–Kier alpha value is -2.61. The van der Waals surface area contributed by atoms with Gasteiger partial charge in [-0.25, -0.2) is 0 Å². The van der Waals surface area contributed by atoms with Crippen LogP contribution >= 0.6 is 11.3 Å². The van der Waals surface area contributed by atoms with Gasteiger partial charge < -0.3 is 14.5 Å². The van der Waals surface area contributed by atoms with Crippen molar-refractivity contribution < 1.29 is 9.53 Å². The number of fused-ring (bicyclic) bond motifs is 1. The molecule has 0 N–H and O–H groups in total. The van der Waals surface area contributed by atoms with Gasteiger partial charge in [0.25, 0.3) is 5.91 Å². The van der Waals surface area contributed by atoms with E-state index >= 15 is 0 Å². The second kappa shape index (κ2) is 7.43. The lowest BCUT2D eigenvalue weighted by atomic mass is 10.2. The van der Waals surface area contributed by atoms with Gasteiger partial charge in [0.05, 0.1) is 12.8 Å². The van der Waals surface area contributed by atoms with Crippen LogP contribution in [0.4, 0.5) is 5.69 Å². The molecule has 148 valence electrons. The molecule has 8 heteroatoms. The second-order valence-corrected chi connectivity index (χ2v) is 8.28. The second-order valence-electron chi connectivity index (χ2n) is 7.30. The van der Waals surface area contributed by atoms with Crippen molar-refractivity contribution in [2.24, 2.45) is 0 Å². The number of rotatable bonds is 4. The van der Waals surface area contributed by atoms with Gasteiger partial charge in [0.1, 0.15) is 16.5 Å². The highest BCUT2D eigenvalue weighted by molar-refractivity contribution is 7.19. The fourth-order valence-electron chi connectivity index (χ4n) is 3.69. The van der Waals surface area contributed by atoms with Gasteiger partial charge in [0.15, 0.2) is 0 Å². The standard InChI is InChI=1S/C20H25N5O2S/c1-13(2)18-21-22-20-25(18)14(3)17(28-20)19(26)24-11-9-23(10-12-24)15-7-5-6-8-16(15)27-4/h5-8,13H,9-12H2,1-4H3. The van der Waals surface area contributed by atoms with E-state index in [1.54, 1.807) is 7.11 Å². The van der Waals surface area contributed by atoms with Gasteiger partial charge in [-0.2, -0.15) is 0 Å². The molecule has 7 nitrogen and oxygen atoms in total. The lowest BCUT2D eigenvalue weighted by Crippen LogP contribution is -2.48. The van der Waals surface area contributed by atoms with Crippen LogP contribution < -0.4 is 9.64 Å². The Bertz CT molecular complexity index is 1000. The minimum Gasteiger partial charge on any atom is -0.495 e. The van der Waals surface area contributed by atoms with E-state index in [0.717, 1.165) is 45.9 Å². The highest BCUT2D eigenvalue weighted by Gasteiger charge is 2.28. The first-order valence-electron chi connectivity index (χ1n) is 9.53. The van der Waals surface area contributed by atoms with Gasteiger partial charge in [-0.1, -0.05) is 37.3 Å². The number of aromatic nitrogens is 3. The molecular formula is C20H25N5O2S. The van der Waals surface area contributed by atoms with Crippen LogP contribution in [0.3, 0.4) is 0 Å². The Morgan fingerprint density at radius 1 is 1.14 bits per heavy atom. The summed E-state index contributed by atoms with van der Waals surface area (Å²) in [5, 5.41) is 8.53. The smallest absolute Gasteiger partial charge is 0.265 e. The lowest BCUT2D eigenvalue weighted by Gasteiger charge is -2.36. The molecule has 3 aromatic rings. The van der Waals surface area contributed by atoms with Gasteiger partial charge in [-0.3, -0.25) is 9.20 Å². The molecule has 1 amide bonds. The highest BCUT2D eigenvalue weighted by Crippen LogP contribution is 2.30. The predicted octanol–water partition coefficient (Wildman–Crippen LogP) is 3.19. The number of aryl methyl sites for hydroxylation is 1. The lowest BCUT2D eigenvalue weighted by molar-refractivity contribution is 0.0750. The normalized spacial score (nSPS) is 14.9. The summed E-state index contributed by atoms with van der Waals surface area (Å²) in [5.74, 6) is 2.12. The van der Waals surface area contributed by atoms with E-state index in [9.17, 15) is 4.79 Å². The topological polar surface area (TPSA) is 63.0 Å². The molecule has 0 spiro atoms. The molecular weight excluding hydrogens is 374 g/mol. The van der Waals surface area contributed by atoms with Crippen LogP contribution in [-0.4, -0.2) is 58.7 Å². The van der Waals surface area contributed by atoms with Crippen molar-refractivity contribution in [3.8, 4) is 5.75 Å². The third-order valence-electron chi connectivity index (χ3n) is 5.22. The number of para-hydroxylation sites is 2. The van der Waals surface area contributed by atoms with Crippen LogP contribution in [0.2, 0.25) is 0 Å². The molecule has 2 aromatic heterocycles. The summed E-state index contributed by atoms with van der Waals surface area (Å²) < 4.78 is 7.50. The minimum absolute atomic E-state index is 0.0855. The maximum atomic E-state index is 13.2. The fraction of sp³-hybridized carbons (Fsp3) is 0.450. The number of carbonyl (C=O) groups is 1. The van der Waals surface area contributed by atoms with Crippen molar-refractivity contribution >= 4 is 27.9 Å². The third kappa shape index (κ3) is 3.11. The first-order valence-corrected chi connectivity index (χ1v) is 10.3. The average Bonchev–Trinajstić information content (AvgIpc) is 3.28. The van der Waals surface area contributed by atoms with E-state index in [2.05, 4.69) is 35.0 Å². The number of amides is 1. The number of nitrogens with zero attached hydrogens (tertiary/aromatic N) is 5. The fourth-order valence-corrected chi connectivity index (χ4v) is 4.73. The maximum Gasteiger partial charge on any atom is 0.265 e. The molecule has 0 radical (unpaired) electrons.